The summed E-state index contributed by atoms with van der Waals surface area (Å²) in [7, 11) is 0. The first-order valence-corrected chi connectivity index (χ1v) is 8.33. The first-order valence-electron chi connectivity index (χ1n) is 8.33. The number of nitrogens with zero attached hydrogens (tertiary/aromatic N) is 1. The average Bonchev–Trinajstić information content (AvgIpc) is 3.01. The predicted molar refractivity (Wildman–Crippen MR) is 98.5 cm³/mol. The van der Waals surface area contributed by atoms with E-state index in [0.717, 1.165) is 5.56 Å². The maximum Gasteiger partial charge on any atom is 0.417 e. The van der Waals surface area contributed by atoms with Crippen molar-refractivity contribution in [2.24, 2.45) is 11.8 Å². The monoisotopic (exact) mass is 359 g/mol. The minimum absolute atomic E-state index is 0.232. The van der Waals surface area contributed by atoms with Gasteiger partial charge in [0.1, 0.15) is 6.61 Å². The van der Waals surface area contributed by atoms with Crippen LogP contribution < -0.4 is 0 Å². The first-order chi connectivity index (χ1) is 12.3. The van der Waals surface area contributed by atoms with Crippen LogP contribution in [0.2, 0.25) is 0 Å². The van der Waals surface area contributed by atoms with Gasteiger partial charge in [0.25, 0.3) is 0 Å². The third kappa shape index (κ3) is 5.88. The molecule has 0 saturated carbocycles. The molecule has 3 atom stereocenters. The summed E-state index contributed by atoms with van der Waals surface area (Å²) in [6, 6.07) is 9.52. The largest absolute Gasteiger partial charge is 0.481 e. The fourth-order valence-electron chi connectivity index (χ4n) is 2.19. The number of cyclic esters (lactones) is 1. The zero-order chi connectivity index (χ0) is 19.7. The summed E-state index contributed by atoms with van der Waals surface area (Å²) in [5.74, 6) is -1.88. The summed E-state index contributed by atoms with van der Waals surface area (Å²) in [6.45, 7) is 10.4. The van der Waals surface area contributed by atoms with E-state index in [0.29, 0.717) is 6.42 Å². The minimum Gasteiger partial charge on any atom is -0.481 e. The lowest BCUT2D eigenvalue weighted by Crippen LogP contribution is -2.42. The van der Waals surface area contributed by atoms with Crippen LogP contribution >= 0.6 is 0 Å². The number of rotatable bonds is 6. The number of hydrogen-bond acceptors (Lipinski definition) is 4. The molecular weight excluding hydrogens is 334 g/mol. The van der Waals surface area contributed by atoms with E-state index in [1.807, 2.05) is 30.3 Å². The smallest absolute Gasteiger partial charge is 0.417 e. The van der Waals surface area contributed by atoms with Gasteiger partial charge in [0, 0.05) is 0 Å². The van der Waals surface area contributed by atoms with Gasteiger partial charge in [-0.2, -0.15) is 0 Å². The molecular formula is C20H25NO5. The lowest BCUT2D eigenvalue weighted by Gasteiger charge is -2.21. The lowest BCUT2D eigenvalue weighted by molar-refractivity contribution is -0.139. The van der Waals surface area contributed by atoms with Gasteiger partial charge in [-0.15, -0.1) is 13.2 Å². The molecule has 6 heteroatoms. The van der Waals surface area contributed by atoms with Crippen molar-refractivity contribution in [3.63, 3.8) is 0 Å². The molecule has 1 aromatic carbocycles. The van der Waals surface area contributed by atoms with Gasteiger partial charge in [0.05, 0.1) is 17.9 Å². The van der Waals surface area contributed by atoms with Crippen LogP contribution in [0.15, 0.2) is 55.6 Å². The normalized spacial score (nSPS) is 18.0. The van der Waals surface area contributed by atoms with Crippen LogP contribution in [0.4, 0.5) is 4.79 Å². The number of carboxylic acids is 1. The summed E-state index contributed by atoms with van der Waals surface area (Å²) in [4.78, 5) is 34.9. The van der Waals surface area contributed by atoms with Gasteiger partial charge < -0.3 is 9.84 Å². The second-order valence-corrected chi connectivity index (χ2v) is 6.02. The van der Waals surface area contributed by atoms with Gasteiger partial charge in [0.2, 0.25) is 5.91 Å². The van der Waals surface area contributed by atoms with E-state index >= 15 is 0 Å². The standard InChI is InChI=1S/C15H17NO3.C5H8O2/c1-3-11(2)14(17)16-13(10-19-15(16)18)9-12-7-5-4-6-8-12;1-3-4(2)5(6)7/h3-8,11,13H,1,9-10H2,2H3;3-4H,1H2,2H3,(H,6,7)/t11-,13-;/m1./s1. The Bertz CT molecular complexity index is 655. The maximum absolute atomic E-state index is 12.1. The van der Waals surface area contributed by atoms with Crippen LogP contribution in [-0.2, 0) is 20.7 Å². The molecule has 1 aliphatic heterocycles. The van der Waals surface area contributed by atoms with E-state index in [1.54, 1.807) is 13.8 Å². The summed E-state index contributed by atoms with van der Waals surface area (Å²) < 4.78 is 5.00. The first kappa shape index (κ1) is 21.2. The van der Waals surface area contributed by atoms with Crippen molar-refractivity contribution in [3.05, 3.63) is 61.2 Å². The fourth-order valence-corrected chi connectivity index (χ4v) is 2.19. The molecule has 0 aromatic heterocycles. The maximum atomic E-state index is 12.1. The zero-order valence-corrected chi connectivity index (χ0v) is 15.1. The second-order valence-electron chi connectivity index (χ2n) is 6.02. The van der Waals surface area contributed by atoms with Crippen LogP contribution in [0.5, 0.6) is 0 Å². The van der Waals surface area contributed by atoms with Crippen LogP contribution in [0.3, 0.4) is 0 Å². The molecule has 2 amide bonds. The highest BCUT2D eigenvalue weighted by atomic mass is 16.6. The SMILES string of the molecule is C=CC(C)C(=O)O.C=C[C@@H](C)C(=O)N1C(=O)OC[C@H]1Cc1ccccc1. The number of imide groups is 1. The Morgan fingerprint density at radius 2 is 1.81 bits per heavy atom. The number of aliphatic carboxylic acids is 1. The van der Waals surface area contributed by atoms with E-state index in [9.17, 15) is 14.4 Å². The highest BCUT2D eigenvalue weighted by Gasteiger charge is 2.38. The van der Waals surface area contributed by atoms with Crippen LogP contribution in [0.1, 0.15) is 19.4 Å². The van der Waals surface area contributed by atoms with Crippen molar-refractivity contribution in [2.75, 3.05) is 6.61 Å². The predicted octanol–water partition coefficient (Wildman–Crippen LogP) is 3.29. The molecule has 1 aliphatic rings. The van der Waals surface area contributed by atoms with E-state index in [2.05, 4.69) is 13.2 Å². The molecule has 1 aromatic rings. The number of carboxylic acid groups (broad SMARTS) is 1. The van der Waals surface area contributed by atoms with Gasteiger partial charge in [-0.3, -0.25) is 9.59 Å². The summed E-state index contributed by atoms with van der Waals surface area (Å²) >= 11 is 0. The lowest BCUT2D eigenvalue weighted by atomic mass is 10.0. The Kier molecular flexibility index (Phi) is 8.28. The Balaban J connectivity index is 0.000000412. The number of amides is 2. The Labute approximate surface area is 153 Å². The number of carbonyl (C=O) groups excluding carboxylic acids is 2. The third-order valence-corrected chi connectivity index (χ3v) is 4.00. The molecule has 0 spiro atoms. The highest BCUT2D eigenvalue weighted by molar-refractivity contribution is 5.95. The van der Waals surface area contributed by atoms with Crippen molar-refractivity contribution in [3.8, 4) is 0 Å². The van der Waals surface area contributed by atoms with E-state index in [4.69, 9.17) is 9.84 Å². The number of ether oxygens (including phenoxy) is 1. The molecule has 0 radical (unpaired) electrons. The molecule has 1 unspecified atom stereocenters. The highest BCUT2D eigenvalue weighted by Crippen LogP contribution is 2.20. The summed E-state index contributed by atoms with van der Waals surface area (Å²) in [6.07, 6.45) is 2.98. The molecule has 0 aliphatic carbocycles. The van der Waals surface area contributed by atoms with E-state index < -0.39 is 18.0 Å². The molecule has 6 nitrogen and oxygen atoms in total. The quantitative estimate of drug-likeness (QED) is 0.788. The summed E-state index contributed by atoms with van der Waals surface area (Å²) in [5.41, 5.74) is 1.08. The van der Waals surface area contributed by atoms with Crippen molar-refractivity contribution >= 4 is 18.0 Å². The third-order valence-electron chi connectivity index (χ3n) is 4.00. The average molecular weight is 359 g/mol. The molecule has 1 fully saturated rings. The molecule has 0 bridgehead atoms. The number of hydrogen-bond donors (Lipinski definition) is 1. The van der Waals surface area contributed by atoms with Crippen LogP contribution in [0.25, 0.3) is 0 Å². The molecule has 1 heterocycles. The zero-order valence-electron chi connectivity index (χ0n) is 15.1. The molecule has 1 saturated heterocycles. The van der Waals surface area contributed by atoms with Crippen LogP contribution in [0, 0.1) is 11.8 Å². The van der Waals surface area contributed by atoms with E-state index in [1.165, 1.54) is 17.1 Å². The second kappa shape index (κ2) is 10.2. The van der Waals surface area contributed by atoms with Gasteiger partial charge in [-0.1, -0.05) is 49.4 Å². The van der Waals surface area contributed by atoms with Gasteiger partial charge in [-0.05, 0) is 18.9 Å². The number of benzene rings is 1. The van der Waals surface area contributed by atoms with Gasteiger partial charge in [-0.25, -0.2) is 9.69 Å². The Morgan fingerprint density at radius 3 is 2.27 bits per heavy atom. The molecule has 1 N–H and O–H groups in total. The molecule has 140 valence electrons. The van der Waals surface area contributed by atoms with E-state index in [-0.39, 0.29) is 24.5 Å². The number of carbonyl (C=O) groups is 3. The van der Waals surface area contributed by atoms with Crippen molar-refractivity contribution in [1.82, 2.24) is 4.90 Å². The fraction of sp³-hybridized carbons (Fsp3) is 0.350. The summed E-state index contributed by atoms with van der Waals surface area (Å²) in [5, 5.41) is 8.11. The molecule has 26 heavy (non-hydrogen) atoms. The van der Waals surface area contributed by atoms with Gasteiger partial charge >= 0.3 is 12.1 Å². The molecule has 2 rings (SSSR count). The van der Waals surface area contributed by atoms with Gasteiger partial charge in [0.15, 0.2) is 0 Å². The van der Waals surface area contributed by atoms with Crippen molar-refractivity contribution in [1.29, 1.82) is 0 Å². The Hall–Kier alpha value is -2.89. The van der Waals surface area contributed by atoms with Crippen molar-refractivity contribution in [2.45, 2.75) is 26.3 Å². The van der Waals surface area contributed by atoms with Crippen LogP contribution in [-0.4, -0.2) is 40.6 Å². The Morgan fingerprint density at radius 1 is 1.23 bits per heavy atom. The minimum atomic E-state index is -0.824. The van der Waals surface area contributed by atoms with Crippen molar-refractivity contribution < 1.29 is 24.2 Å². The topological polar surface area (TPSA) is 83.9 Å².